The van der Waals surface area contributed by atoms with Gasteiger partial charge in [-0.25, -0.2) is 0 Å². The SMILES string of the molecule is NC(=O)C(N[C@@H]1C[C@H]1c1ccc(OCc2ccccc2)cc1)C1CC1. The molecule has 2 saturated carbocycles. The summed E-state index contributed by atoms with van der Waals surface area (Å²) in [4.78, 5) is 11.6. The number of hydrogen-bond donors (Lipinski definition) is 2. The van der Waals surface area contributed by atoms with E-state index in [1.54, 1.807) is 0 Å². The molecule has 4 heteroatoms. The van der Waals surface area contributed by atoms with Gasteiger partial charge in [0.25, 0.3) is 0 Å². The summed E-state index contributed by atoms with van der Waals surface area (Å²) in [7, 11) is 0. The molecule has 2 fully saturated rings. The summed E-state index contributed by atoms with van der Waals surface area (Å²) < 4.78 is 5.83. The molecule has 0 aliphatic heterocycles. The van der Waals surface area contributed by atoms with Crippen LogP contribution in [-0.4, -0.2) is 18.0 Å². The van der Waals surface area contributed by atoms with Gasteiger partial charge < -0.3 is 15.8 Å². The number of nitrogens with one attached hydrogen (secondary N) is 1. The second-order valence-corrected chi connectivity index (χ2v) is 7.18. The van der Waals surface area contributed by atoms with Crippen molar-refractivity contribution in [1.29, 1.82) is 0 Å². The topological polar surface area (TPSA) is 64.4 Å². The van der Waals surface area contributed by atoms with Crippen LogP contribution in [0.3, 0.4) is 0 Å². The molecular formula is C21H24N2O2. The van der Waals surface area contributed by atoms with Crippen molar-refractivity contribution in [3.63, 3.8) is 0 Å². The third kappa shape index (κ3) is 4.02. The van der Waals surface area contributed by atoms with Crippen LogP contribution in [0.2, 0.25) is 0 Å². The molecule has 3 N–H and O–H groups in total. The molecule has 2 aliphatic carbocycles. The zero-order chi connectivity index (χ0) is 17.2. The highest BCUT2D eigenvalue weighted by atomic mass is 16.5. The molecule has 3 atom stereocenters. The number of carbonyl (C=O) groups excluding carboxylic acids is 1. The van der Waals surface area contributed by atoms with Crippen LogP contribution >= 0.6 is 0 Å². The highest BCUT2D eigenvalue weighted by Gasteiger charge is 2.44. The van der Waals surface area contributed by atoms with Crippen LogP contribution in [0.1, 0.15) is 36.3 Å². The van der Waals surface area contributed by atoms with Crippen molar-refractivity contribution in [3.05, 3.63) is 65.7 Å². The molecular weight excluding hydrogens is 312 g/mol. The molecule has 1 amide bonds. The van der Waals surface area contributed by atoms with Gasteiger partial charge in [0, 0.05) is 12.0 Å². The predicted molar refractivity (Wildman–Crippen MR) is 97.2 cm³/mol. The van der Waals surface area contributed by atoms with Gasteiger partial charge in [-0.15, -0.1) is 0 Å². The summed E-state index contributed by atoms with van der Waals surface area (Å²) in [6.07, 6.45) is 3.30. The van der Waals surface area contributed by atoms with Crippen molar-refractivity contribution in [1.82, 2.24) is 5.32 Å². The summed E-state index contributed by atoms with van der Waals surface area (Å²) in [6, 6.07) is 18.7. The first-order chi connectivity index (χ1) is 12.2. The lowest BCUT2D eigenvalue weighted by molar-refractivity contribution is -0.120. The minimum atomic E-state index is -0.210. The molecule has 0 aromatic heterocycles. The number of amides is 1. The van der Waals surface area contributed by atoms with E-state index in [1.165, 1.54) is 5.56 Å². The smallest absolute Gasteiger partial charge is 0.234 e. The quantitative estimate of drug-likeness (QED) is 0.779. The molecule has 2 aliphatic rings. The van der Waals surface area contributed by atoms with Crippen LogP contribution in [0.5, 0.6) is 5.75 Å². The van der Waals surface area contributed by atoms with E-state index in [0.29, 0.717) is 24.5 Å². The lowest BCUT2D eigenvalue weighted by Crippen LogP contribution is -2.44. The average molecular weight is 336 g/mol. The number of hydrogen-bond acceptors (Lipinski definition) is 3. The summed E-state index contributed by atoms with van der Waals surface area (Å²) >= 11 is 0. The first-order valence-corrected chi connectivity index (χ1v) is 9.03. The van der Waals surface area contributed by atoms with Crippen molar-refractivity contribution >= 4 is 5.91 Å². The Hall–Kier alpha value is -2.33. The Labute approximate surface area is 148 Å². The Morgan fingerprint density at radius 1 is 1.12 bits per heavy atom. The standard InChI is InChI=1S/C21H24N2O2/c22-21(24)20(16-6-7-16)23-19-12-18(19)15-8-10-17(11-9-15)25-13-14-4-2-1-3-5-14/h1-5,8-11,16,18-20,23H,6-7,12-13H2,(H2,22,24)/t18-,19+,20?/m0/s1. The highest BCUT2D eigenvalue weighted by molar-refractivity contribution is 5.80. The van der Waals surface area contributed by atoms with Crippen molar-refractivity contribution in [2.24, 2.45) is 11.7 Å². The second-order valence-electron chi connectivity index (χ2n) is 7.18. The van der Waals surface area contributed by atoms with E-state index >= 15 is 0 Å². The summed E-state index contributed by atoms with van der Waals surface area (Å²) in [5, 5.41) is 3.46. The van der Waals surface area contributed by atoms with Gasteiger partial charge in [0.15, 0.2) is 0 Å². The van der Waals surface area contributed by atoms with Crippen molar-refractivity contribution < 1.29 is 9.53 Å². The van der Waals surface area contributed by atoms with Crippen LogP contribution in [0.15, 0.2) is 54.6 Å². The monoisotopic (exact) mass is 336 g/mol. The summed E-state index contributed by atoms with van der Waals surface area (Å²) in [6.45, 7) is 0.579. The molecule has 0 saturated heterocycles. The van der Waals surface area contributed by atoms with Crippen LogP contribution in [0.25, 0.3) is 0 Å². The molecule has 4 rings (SSSR count). The van der Waals surface area contributed by atoms with E-state index in [1.807, 2.05) is 30.3 Å². The Balaban J connectivity index is 1.30. The molecule has 25 heavy (non-hydrogen) atoms. The third-order valence-electron chi connectivity index (χ3n) is 5.14. The Bertz CT molecular complexity index is 725. The first kappa shape index (κ1) is 16.2. The molecule has 0 heterocycles. The Morgan fingerprint density at radius 3 is 2.48 bits per heavy atom. The van der Waals surface area contributed by atoms with E-state index in [9.17, 15) is 4.79 Å². The van der Waals surface area contributed by atoms with Gasteiger partial charge in [0.2, 0.25) is 5.91 Å². The van der Waals surface area contributed by atoms with Gasteiger partial charge >= 0.3 is 0 Å². The van der Waals surface area contributed by atoms with E-state index in [4.69, 9.17) is 10.5 Å². The van der Waals surface area contributed by atoms with E-state index in [-0.39, 0.29) is 11.9 Å². The molecule has 130 valence electrons. The molecule has 2 aromatic carbocycles. The van der Waals surface area contributed by atoms with Gasteiger partial charge in [-0.1, -0.05) is 42.5 Å². The lowest BCUT2D eigenvalue weighted by Gasteiger charge is -2.14. The lowest BCUT2D eigenvalue weighted by atomic mass is 10.1. The normalized spacial score (nSPS) is 23.0. The molecule has 2 aromatic rings. The van der Waals surface area contributed by atoms with Crippen LogP contribution in [-0.2, 0) is 11.4 Å². The fourth-order valence-electron chi connectivity index (χ4n) is 3.41. The first-order valence-electron chi connectivity index (χ1n) is 9.03. The van der Waals surface area contributed by atoms with Gasteiger partial charge in [-0.3, -0.25) is 4.79 Å². The van der Waals surface area contributed by atoms with Crippen molar-refractivity contribution in [2.75, 3.05) is 0 Å². The maximum atomic E-state index is 11.6. The number of rotatable bonds is 8. The maximum absolute atomic E-state index is 11.6. The average Bonchev–Trinajstić information content (AvgIpc) is 3.54. The Kier molecular flexibility index (Phi) is 4.45. The summed E-state index contributed by atoms with van der Waals surface area (Å²) in [5.74, 6) is 1.60. The van der Waals surface area contributed by atoms with Gasteiger partial charge in [-0.05, 0) is 48.4 Å². The predicted octanol–water partition coefficient (Wildman–Crippen LogP) is 2.98. The molecule has 0 spiro atoms. The summed E-state index contributed by atoms with van der Waals surface area (Å²) in [5.41, 5.74) is 7.98. The maximum Gasteiger partial charge on any atom is 0.234 e. The van der Waals surface area contributed by atoms with Gasteiger partial charge in [0.05, 0.1) is 6.04 Å². The van der Waals surface area contributed by atoms with E-state index in [2.05, 4.69) is 29.6 Å². The molecule has 0 bridgehead atoms. The number of benzene rings is 2. The van der Waals surface area contributed by atoms with Crippen LogP contribution in [0.4, 0.5) is 0 Å². The second kappa shape index (κ2) is 6.89. The largest absolute Gasteiger partial charge is 0.489 e. The van der Waals surface area contributed by atoms with Crippen LogP contribution in [0, 0.1) is 5.92 Å². The van der Waals surface area contributed by atoms with Gasteiger partial charge in [-0.2, -0.15) is 0 Å². The zero-order valence-corrected chi connectivity index (χ0v) is 14.2. The number of primary amides is 1. The minimum Gasteiger partial charge on any atom is -0.489 e. The Morgan fingerprint density at radius 2 is 1.84 bits per heavy atom. The molecule has 0 radical (unpaired) electrons. The van der Waals surface area contributed by atoms with Crippen molar-refractivity contribution in [2.45, 2.75) is 43.9 Å². The molecule has 1 unspecified atom stereocenters. The minimum absolute atomic E-state index is 0.150. The van der Waals surface area contributed by atoms with Gasteiger partial charge in [0.1, 0.15) is 12.4 Å². The van der Waals surface area contributed by atoms with Crippen molar-refractivity contribution in [3.8, 4) is 5.75 Å². The third-order valence-corrected chi connectivity index (χ3v) is 5.14. The fraction of sp³-hybridized carbons (Fsp3) is 0.381. The van der Waals surface area contributed by atoms with E-state index in [0.717, 1.165) is 30.6 Å². The zero-order valence-electron chi connectivity index (χ0n) is 14.2. The number of ether oxygens (including phenoxy) is 1. The molecule has 4 nitrogen and oxygen atoms in total. The van der Waals surface area contributed by atoms with E-state index < -0.39 is 0 Å². The number of carbonyl (C=O) groups is 1. The van der Waals surface area contributed by atoms with Crippen LogP contribution < -0.4 is 15.8 Å². The highest BCUT2D eigenvalue weighted by Crippen LogP contribution is 2.43. The fourth-order valence-corrected chi connectivity index (χ4v) is 3.41. The number of nitrogens with two attached hydrogens (primary N) is 1.